The third-order valence-electron chi connectivity index (χ3n) is 3.60. The molecule has 0 unspecified atom stereocenters. The van der Waals surface area contributed by atoms with Gasteiger partial charge in [0.1, 0.15) is 11.6 Å². The molecule has 5 heteroatoms. The Balaban J connectivity index is 2.22. The van der Waals surface area contributed by atoms with Crippen LogP contribution in [0.2, 0.25) is 0 Å². The number of rotatable bonds is 4. The predicted octanol–water partition coefficient (Wildman–Crippen LogP) is 3.55. The van der Waals surface area contributed by atoms with Crippen molar-refractivity contribution < 1.29 is 9.13 Å². The molecule has 20 heavy (non-hydrogen) atoms. The van der Waals surface area contributed by atoms with Crippen molar-refractivity contribution in [1.29, 1.82) is 0 Å². The summed E-state index contributed by atoms with van der Waals surface area (Å²) in [7, 11) is 0. The van der Waals surface area contributed by atoms with E-state index in [1.165, 1.54) is 18.9 Å². The molecule has 0 amide bonds. The van der Waals surface area contributed by atoms with Crippen LogP contribution in [0.5, 0.6) is 5.75 Å². The number of aromatic nitrogens is 1. The molecule has 1 aromatic carbocycles. The Morgan fingerprint density at radius 2 is 2.20 bits per heavy atom. The molecule has 1 aromatic heterocycles. The van der Waals surface area contributed by atoms with Crippen LogP contribution in [-0.4, -0.2) is 11.2 Å². The molecule has 0 aliphatic heterocycles. The van der Waals surface area contributed by atoms with Gasteiger partial charge in [-0.3, -0.25) is 4.79 Å². The monoisotopic (exact) mass is 387 g/mol. The van der Waals surface area contributed by atoms with Crippen molar-refractivity contribution in [2.24, 2.45) is 5.92 Å². The van der Waals surface area contributed by atoms with Gasteiger partial charge in [0.05, 0.1) is 21.1 Å². The zero-order chi connectivity index (χ0) is 14.3. The minimum atomic E-state index is -0.482. The van der Waals surface area contributed by atoms with Crippen molar-refractivity contribution in [2.75, 3.05) is 6.61 Å². The highest BCUT2D eigenvalue weighted by Crippen LogP contribution is 2.32. The molecule has 0 radical (unpaired) electrons. The lowest BCUT2D eigenvalue weighted by Gasteiger charge is -2.15. The zero-order valence-corrected chi connectivity index (χ0v) is 13.3. The highest BCUT2D eigenvalue weighted by molar-refractivity contribution is 14.1. The molecule has 1 fully saturated rings. The molecule has 0 atom stereocenters. The van der Waals surface area contributed by atoms with Gasteiger partial charge in [0.15, 0.2) is 0 Å². The molecule has 1 heterocycles. The molecule has 1 aliphatic rings. The van der Waals surface area contributed by atoms with Crippen LogP contribution >= 0.6 is 22.6 Å². The molecular weight excluding hydrogens is 372 g/mol. The molecule has 3 rings (SSSR count). The van der Waals surface area contributed by atoms with Crippen LogP contribution in [0.4, 0.5) is 4.39 Å². The lowest BCUT2D eigenvalue weighted by molar-refractivity contribution is 0.301. The lowest BCUT2D eigenvalue weighted by Crippen LogP contribution is -2.15. The Kier molecular flexibility index (Phi) is 3.70. The Bertz CT molecular complexity index is 722. The van der Waals surface area contributed by atoms with E-state index in [4.69, 9.17) is 4.74 Å². The van der Waals surface area contributed by atoms with Crippen LogP contribution in [0.25, 0.3) is 10.9 Å². The first-order valence-electron chi connectivity index (χ1n) is 6.75. The van der Waals surface area contributed by atoms with Crippen LogP contribution in [0.15, 0.2) is 23.1 Å². The van der Waals surface area contributed by atoms with E-state index >= 15 is 0 Å². The molecule has 0 spiro atoms. The average Bonchev–Trinajstić information content (AvgIpc) is 3.25. The first-order chi connectivity index (χ1) is 9.61. The summed E-state index contributed by atoms with van der Waals surface area (Å²) >= 11 is 1.95. The Hall–Kier alpha value is -1.11. The molecule has 106 valence electrons. The van der Waals surface area contributed by atoms with Gasteiger partial charge < -0.3 is 9.30 Å². The molecule has 1 aliphatic carbocycles. The second-order valence-corrected chi connectivity index (χ2v) is 6.28. The predicted molar refractivity (Wildman–Crippen MR) is 84.8 cm³/mol. The number of halogens is 2. The summed E-state index contributed by atoms with van der Waals surface area (Å²) in [4.78, 5) is 12.2. The van der Waals surface area contributed by atoms with E-state index in [0.29, 0.717) is 33.9 Å². The molecule has 0 N–H and O–H groups in total. The number of hydrogen-bond acceptors (Lipinski definition) is 2. The van der Waals surface area contributed by atoms with Gasteiger partial charge in [-0.1, -0.05) is 0 Å². The Morgan fingerprint density at radius 1 is 1.45 bits per heavy atom. The van der Waals surface area contributed by atoms with Gasteiger partial charge in [0.2, 0.25) is 5.43 Å². The fourth-order valence-corrected chi connectivity index (χ4v) is 2.89. The van der Waals surface area contributed by atoms with Crippen LogP contribution in [0.1, 0.15) is 19.8 Å². The Morgan fingerprint density at radius 3 is 2.85 bits per heavy atom. The number of ether oxygens (including phenoxy) is 1. The van der Waals surface area contributed by atoms with E-state index in [2.05, 4.69) is 0 Å². The van der Waals surface area contributed by atoms with Crippen molar-refractivity contribution in [3.63, 3.8) is 0 Å². The second-order valence-electron chi connectivity index (χ2n) is 5.12. The minimum absolute atomic E-state index is 0.132. The summed E-state index contributed by atoms with van der Waals surface area (Å²) in [5.74, 6) is 0.730. The van der Waals surface area contributed by atoms with E-state index in [-0.39, 0.29) is 10.8 Å². The van der Waals surface area contributed by atoms with Gasteiger partial charge in [0.25, 0.3) is 0 Å². The number of nitrogens with zero attached hydrogens (tertiary/aromatic N) is 1. The van der Waals surface area contributed by atoms with E-state index < -0.39 is 5.82 Å². The van der Waals surface area contributed by atoms with Crippen molar-refractivity contribution in [3.05, 3.63) is 37.9 Å². The van der Waals surface area contributed by atoms with E-state index in [1.54, 1.807) is 12.3 Å². The van der Waals surface area contributed by atoms with E-state index in [1.807, 2.05) is 34.1 Å². The molecule has 3 nitrogen and oxygen atoms in total. The quantitative estimate of drug-likeness (QED) is 0.752. The van der Waals surface area contributed by atoms with Crippen LogP contribution in [-0.2, 0) is 6.54 Å². The smallest absolute Gasteiger partial charge is 0.205 e. The van der Waals surface area contributed by atoms with Crippen molar-refractivity contribution >= 4 is 33.5 Å². The molecular formula is C15H15FINO2. The van der Waals surface area contributed by atoms with E-state index in [9.17, 15) is 9.18 Å². The van der Waals surface area contributed by atoms with Gasteiger partial charge in [-0.15, -0.1) is 0 Å². The van der Waals surface area contributed by atoms with Gasteiger partial charge in [-0.05, 0) is 60.4 Å². The van der Waals surface area contributed by atoms with Crippen molar-refractivity contribution in [1.82, 2.24) is 4.57 Å². The standard InChI is InChI=1S/C15H15FINO2/c1-2-18-7-11(17)15(19)13-10(16)5-6-12(14(13)18)20-8-9-3-4-9/h5-7,9H,2-4,8H2,1H3. The largest absolute Gasteiger partial charge is 0.491 e. The van der Waals surface area contributed by atoms with Gasteiger partial charge >= 0.3 is 0 Å². The third-order valence-corrected chi connectivity index (χ3v) is 4.37. The topological polar surface area (TPSA) is 31.2 Å². The van der Waals surface area contributed by atoms with Crippen LogP contribution in [0, 0.1) is 15.3 Å². The normalized spacial score (nSPS) is 14.8. The summed E-state index contributed by atoms with van der Waals surface area (Å²) in [6.07, 6.45) is 4.14. The van der Waals surface area contributed by atoms with E-state index in [0.717, 1.165) is 0 Å². The minimum Gasteiger partial charge on any atom is -0.491 e. The van der Waals surface area contributed by atoms with Gasteiger partial charge in [-0.25, -0.2) is 4.39 Å². The molecule has 1 saturated carbocycles. The maximum absolute atomic E-state index is 14.1. The van der Waals surface area contributed by atoms with Crippen LogP contribution < -0.4 is 10.2 Å². The van der Waals surface area contributed by atoms with Crippen LogP contribution in [0.3, 0.4) is 0 Å². The lowest BCUT2D eigenvalue weighted by atomic mass is 10.1. The summed E-state index contributed by atoms with van der Waals surface area (Å²) < 4.78 is 22.3. The molecule has 0 saturated heterocycles. The highest BCUT2D eigenvalue weighted by atomic mass is 127. The maximum Gasteiger partial charge on any atom is 0.205 e. The second kappa shape index (κ2) is 5.35. The number of hydrogen-bond donors (Lipinski definition) is 0. The number of fused-ring (bicyclic) bond motifs is 1. The fourth-order valence-electron chi connectivity index (χ4n) is 2.29. The number of aryl methyl sites for hydroxylation is 1. The first kappa shape index (κ1) is 13.9. The average molecular weight is 387 g/mol. The fraction of sp³-hybridized carbons (Fsp3) is 0.400. The van der Waals surface area contributed by atoms with Crippen molar-refractivity contribution in [3.8, 4) is 5.75 Å². The maximum atomic E-state index is 14.1. The SMILES string of the molecule is CCn1cc(I)c(=O)c2c(F)ccc(OCC3CC3)c21. The summed E-state index contributed by atoms with van der Waals surface area (Å²) in [5.41, 5.74) is 0.304. The Labute approximate surface area is 129 Å². The van der Waals surface area contributed by atoms with Gasteiger partial charge in [0, 0.05) is 12.7 Å². The zero-order valence-electron chi connectivity index (χ0n) is 11.2. The van der Waals surface area contributed by atoms with Gasteiger partial charge in [-0.2, -0.15) is 0 Å². The van der Waals surface area contributed by atoms with Crippen molar-refractivity contribution in [2.45, 2.75) is 26.3 Å². The molecule has 2 aromatic rings. The molecule has 0 bridgehead atoms. The summed E-state index contributed by atoms with van der Waals surface area (Å²) in [6, 6.07) is 2.94. The summed E-state index contributed by atoms with van der Waals surface area (Å²) in [6.45, 7) is 3.27. The number of benzene rings is 1. The first-order valence-corrected chi connectivity index (χ1v) is 7.83. The highest BCUT2D eigenvalue weighted by Gasteiger charge is 2.23. The number of pyridine rings is 1. The summed E-state index contributed by atoms with van der Waals surface area (Å²) in [5, 5.41) is 0.132. The third kappa shape index (κ3) is 2.43.